The molecule has 1 saturated heterocycles. The predicted octanol–water partition coefficient (Wildman–Crippen LogP) is 3.64. The minimum absolute atomic E-state index is 0.198. The van der Waals surface area contributed by atoms with Crippen LogP contribution in [0, 0.1) is 5.92 Å². The fourth-order valence-corrected chi connectivity index (χ4v) is 2.70. The van der Waals surface area contributed by atoms with Crippen molar-refractivity contribution in [1.82, 2.24) is 9.88 Å². The molecule has 0 unspecified atom stereocenters. The molecule has 1 aliphatic heterocycles. The molecule has 0 bridgehead atoms. The van der Waals surface area contributed by atoms with Gasteiger partial charge in [-0.1, -0.05) is 6.07 Å². The number of carbonyl (C=O) groups is 1. The van der Waals surface area contributed by atoms with Crippen LogP contribution in [-0.2, 0) is 16.1 Å². The number of carbonyl (C=O) groups excluding carboxylic acids is 1. The lowest BCUT2D eigenvalue weighted by Gasteiger charge is -2.34. The number of likely N-dealkylation sites (tertiary alicyclic amines) is 1. The standard InChI is InChI=1S/C18H28N2O3/c1-18(2,3)23-17(21)20-11-6-7-15(13-20)9-12-22-14-16-8-4-5-10-19-16/h4-5,8,10,15H,6-7,9,11-14H2,1-3H3/t15-/m0/s1. The molecule has 0 radical (unpaired) electrons. The van der Waals surface area contributed by atoms with Gasteiger partial charge in [-0.2, -0.15) is 0 Å². The average molecular weight is 320 g/mol. The normalized spacial score (nSPS) is 18.7. The van der Waals surface area contributed by atoms with Gasteiger partial charge in [-0.3, -0.25) is 4.98 Å². The third kappa shape index (κ3) is 6.57. The van der Waals surface area contributed by atoms with Gasteiger partial charge < -0.3 is 14.4 Å². The molecule has 5 heteroatoms. The number of rotatable bonds is 5. The molecule has 0 spiro atoms. The highest BCUT2D eigenvalue weighted by Crippen LogP contribution is 2.21. The summed E-state index contributed by atoms with van der Waals surface area (Å²) >= 11 is 0. The zero-order valence-electron chi connectivity index (χ0n) is 14.5. The molecule has 2 heterocycles. The number of nitrogens with zero attached hydrogens (tertiary/aromatic N) is 2. The summed E-state index contributed by atoms with van der Waals surface area (Å²) in [7, 11) is 0. The van der Waals surface area contributed by atoms with Gasteiger partial charge in [-0.25, -0.2) is 4.79 Å². The highest BCUT2D eigenvalue weighted by molar-refractivity contribution is 5.68. The highest BCUT2D eigenvalue weighted by atomic mass is 16.6. The third-order valence-corrected chi connectivity index (χ3v) is 3.82. The van der Waals surface area contributed by atoms with E-state index < -0.39 is 5.60 Å². The van der Waals surface area contributed by atoms with Crippen LogP contribution in [0.1, 0.15) is 45.7 Å². The Kier molecular flexibility index (Phi) is 6.39. The Bertz CT molecular complexity index is 485. The van der Waals surface area contributed by atoms with Crippen LogP contribution in [0.15, 0.2) is 24.4 Å². The van der Waals surface area contributed by atoms with Gasteiger partial charge in [0, 0.05) is 25.9 Å². The maximum atomic E-state index is 12.1. The van der Waals surface area contributed by atoms with Crippen molar-refractivity contribution in [1.29, 1.82) is 0 Å². The SMILES string of the molecule is CC(C)(C)OC(=O)N1CCC[C@@H](CCOCc2ccccn2)C1. The molecule has 1 amide bonds. The summed E-state index contributed by atoms with van der Waals surface area (Å²) in [4.78, 5) is 18.2. The molecule has 1 aromatic rings. The van der Waals surface area contributed by atoms with Crippen molar-refractivity contribution in [3.63, 3.8) is 0 Å². The molecule has 2 rings (SSSR count). The van der Waals surface area contributed by atoms with E-state index in [0.29, 0.717) is 19.1 Å². The number of ether oxygens (including phenoxy) is 2. The van der Waals surface area contributed by atoms with Gasteiger partial charge in [0.15, 0.2) is 0 Å². The van der Waals surface area contributed by atoms with E-state index in [1.165, 1.54) is 0 Å². The Hall–Kier alpha value is -1.62. The molecule has 1 aliphatic rings. The van der Waals surface area contributed by atoms with Gasteiger partial charge in [0.25, 0.3) is 0 Å². The van der Waals surface area contributed by atoms with Gasteiger partial charge in [0.05, 0.1) is 12.3 Å². The van der Waals surface area contributed by atoms with Crippen molar-refractivity contribution in [2.75, 3.05) is 19.7 Å². The van der Waals surface area contributed by atoms with Crippen molar-refractivity contribution in [2.24, 2.45) is 5.92 Å². The summed E-state index contributed by atoms with van der Waals surface area (Å²) in [5.74, 6) is 0.486. The largest absolute Gasteiger partial charge is 0.444 e. The molecule has 23 heavy (non-hydrogen) atoms. The van der Waals surface area contributed by atoms with E-state index in [2.05, 4.69) is 4.98 Å². The fraction of sp³-hybridized carbons (Fsp3) is 0.667. The van der Waals surface area contributed by atoms with Gasteiger partial charge in [0.1, 0.15) is 5.60 Å². The smallest absolute Gasteiger partial charge is 0.410 e. The van der Waals surface area contributed by atoms with Crippen molar-refractivity contribution in [3.05, 3.63) is 30.1 Å². The Labute approximate surface area is 139 Å². The minimum Gasteiger partial charge on any atom is -0.444 e. The number of amides is 1. The van der Waals surface area contributed by atoms with Crippen molar-refractivity contribution in [3.8, 4) is 0 Å². The van der Waals surface area contributed by atoms with E-state index in [0.717, 1.165) is 38.0 Å². The number of hydrogen-bond acceptors (Lipinski definition) is 4. The molecule has 128 valence electrons. The molecule has 0 aromatic carbocycles. The Morgan fingerprint density at radius 3 is 2.91 bits per heavy atom. The van der Waals surface area contributed by atoms with Crippen LogP contribution in [0.5, 0.6) is 0 Å². The first kappa shape index (κ1) is 17.7. The van der Waals surface area contributed by atoms with Gasteiger partial charge >= 0.3 is 6.09 Å². The maximum absolute atomic E-state index is 12.1. The van der Waals surface area contributed by atoms with E-state index in [1.807, 2.05) is 43.9 Å². The van der Waals surface area contributed by atoms with Crippen molar-refractivity contribution >= 4 is 6.09 Å². The summed E-state index contributed by atoms with van der Waals surface area (Å²) in [6, 6.07) is 5.83. The second-order valence-corrected chi connectivity index (χ2v) is 7.10. The van der Waals surface area contributed by atoms with Gasteiger partial charge in [-0.15, -0.1) is 0 Å². The Morgan fingerprint density at radius 2 is 2.22 bits per heavy atom. The number of pyridine rings is 1. The lowest BCUT2D eigenvalue weighted by Crippen LogP contribution is -2.43. The zero-order valence-corrected chi connectivity index (χ0v) is 14.5. The molecular weight excluding hydrogens is 292 g/mol. The van der Waals surface area contributed by atoms with Crippen LogP contribution in [0.25, 0.3) is 0 Å². The third-order valence-electron chi connectivity index (χ3n) is 3.82. The second-order valence-electron chi connectivity index (χ2n) is 7.10. The molecule has 1 fully saturated rings. The minimum atomic E-state index is -0.435. The first-order valence-corrected chi connectivity index (χ1v) is 8.39. The molecule has 1 atom stereocenters. The van der Waals surface area contributed by atoms with Crippen LogP contribution >= 0.6 is 0 Å². The summed E-state index contributed by atoms with van der Waals surface area (Å²) in [5, 5.41) is 0. The molecule has 5 nitrogen and oxygen atoms in total. The van der Waals surface area contributed by atoms with Crippen molar-refractivity contribution in [2.45, 2.75) is 52.2 Å². The number of hydrogen-bond donors (Lipinski definition) is 0. The Balaban J connectivity index is 1.68. The molecule has 0 aliphatic carbocycles. The summed E-state index contributed by atoms with van der Waals surface area (Å²) in [6.45, 7) is 8.50. The van der Waals surface area contributed by atoms with E-state index in [1.54, 1.807) is 6.20 Å². The van der Waals surface area contributed by atoms with E-state index >= 15 is 0 Å². The lowest BCUT2D eigenvalue weighted by molar-refractivity contribution is 0.0135. The van der Waals surface area contributed by atoms with Crippen molar-refractivity contribution < 1.29 is 14.3 Å². The summed E-state index contributed by atoms with van der Waals surface area (Å²) in [5.41, 5.74) is 0.516. The highest BCUT2D eigenvalue weighted by Gasteiger charge is 2.27. The van der Waals surface area contributed by atoms with E-state index in [-0.39, 0.29) is 6.09 Å². The van der Waals surface area contributed by atoms with Crippen LogP contribution < -0.4 is 0 Å². The Morgan fingerprint density at radius 1 is 1.39 bits per heavy atom. The summed E-state index contributed by atoms with van der Waals surface area (Å²) in [6.07, 6.45) is 4.72. The first-order chi connectivity index (χ1) is 10.9. The summed E-state index contributed by atoms with van der Waals surface area (Å²) < 4.78 is 11.2. The second kappa shape index (κ2) is 8.29. The van der Waals surface area contributed by atoms with E-state index in [4.69, 9.17) is 9.47 Å². The molecule has 0 N–H and O–H groups in total. The van der Waals surface area contributed by atoms with Gasteiger partial charge in [0.2, 0.25) is 0 Å². The van der Waals surface area contributed by atoms with Gasteiger partial charge in [-0.05, 0) is 58.1 Å². The lowest BCUT2D eigenvalue weighted by atomic mass is 9.95. The maximum Gasteiger partial charge on any atom is 0.410 e. The molecular formula is C18H28N2O3. The zero-order chi connectivity index (χ0) is 16.7. The number of piperidine rings is 1. The predicted molar refractivity (Wildman–Crippen MR) is 89.0 cm³/mol. The van der Waals surface area contributed by atoms with E-state index in [9.17, 15) is 4.79 Å². The monoisotopic (exact) mass is 320 g/mol. The average Bonchev–Trinajstić information content (AvgIpc) is 2.51. The van der Waals surface area contributed by atoms with Crippen LogP contribution in [0.3, 0.4) is 0 Å². The topological polar surface area (TPSA) is 51.7 Å². The number of aromatic nitrogens is 1. The first-order valence-electron chi connectivity index (χ1n) is 8.39. The fourth-order valence-electron chi connectivity index (χ4n) is 2.70. The van der Waals surface area contributed by atoms with Crippen LogP contribution in [0.4, 0.5) is 4.79 Å². The quantitative estimate of drug-likeness (QED) is 0.777. The molecule has 0 saturated carbocycles. The van der Waals surface area contributed by atoms with Crippen LogP contribution in [0.2, 0.25) is 0 Å². The van der Waals surface area contributed by atoms with Crippen LogP contribution in [-0.4, -0.2) is 41.3 Å². The molecule has 1 aromatic heterocycles.